The summed E-state index contributed by atoms with van der Waals surface area (Å²) in [6.07, 6.45) is 6.05. The molecule has 0 saturated carbocycles. The van der Waals surface area contributed by atoms with Crippen molar-refractivity contribution in [1.29, 1.82) is 0 Å². The third-order valence-electron chi connectivity index (χ3n) is 3.35. The lowest BCUT2D eigenvalue weighted by atomic mass is 10.1. The molecule has 0 radical (unpaired) electrons. The molecule has 1 saturated heterocycles. The van der Waals surface area contributed by atoms with Gasteiger partial charge < -0.3 is 0 Å². The third kappa shape index (κ3) is 4.10. The van der Waals surface area contributed by atoms with Crippen LogP contribution in [-0.4, -0.2) is 41.2 Å². The standard InChI is InChI=1S/C16H18N2O3/c19-13-16(21)18(17-11-5-2-6-12-17)15(20)10-9-14-7-3-1-4-8-14/h1,3-4,7-10,13H,2,5-6,11-12H2. The third-order valence-corrected chi connectivity index (χ3v) is 3.35. The molecule has 1 aliphatic heterocycles. The van der Waals surface area contributed by atoms with E-state index in [0.29, 0.717) is 13.1 Å². The van der Waals surface area contributed by atoms with Gasteiger partial charge in [-0.15, -0.1) is 0 Å². The smallest absolute Gasteiger partial charge is 0.292 e. The van der Waals surface area contributed by atoms with Gasteiger partial charge in [-0.05, 0) is 24.5 Å². The highest BCUT2D eigenvalue weighted by atomic mass is 16.2. The second-order valence-electron chi connectivity index (χ2n) is 4.86. The van der Waals surface area contributed by atoms with Crippen LogP contribution in [0.25, 0.3) is 6.08 Å². The van der Waals surface area contributed by atoms with Crippen LogP contribution in [0.2, 0.25) is 0 Å². The summed E-state index contributed by atoms with van der Waals surface area (Å²) in [5, 5.41) is 2.60. The van der Waals surface area contributed by atoms with E-state index in [9.17, 15) is 14.4 Å². The lowest BCUT2D eigenvalue weighted by Crippen LogP contribution is -2.51. The average Bonchev–Trinajstić information content (AvgIpc) is 2.55. The molecule has 1 heterocycles. The molecular formula is C16H18N2O3. The number of hydrazine groups is 1. The summed E-state index contributed by atoms with van der Waals surface area (Å²) in [5.41, 5.74) is 0.864. The topological polar surface area (TPSA) is 57.7 Å². The van der Waals surface area contributed by atoms with Crippen LogP contribution in [0.1, 0.15) is 24.8 Å². The summed E-state index contributed by atoms with van der Waals surface area (Å²) >= 11 is 0. The molecule has 1 aromatic rings. The van der Waals surface area contributed by atoms with Crippen LogP contribution in [0.3, 0.4) is 0 Å². The van der Waals surface area contributed by atoms with Crippen molar-refractivity contribution >= 4 is 24.2 Å². The van der Waals surface area contributed by atoms with Crippen molar-refractivity contribution in [1.82, 2.24) is 10.0 Å². The van der Waals surface area contributed by atoms with Crippen LogP contribution in [-0.2, 0) is 14.4 Å². The summed E-state index contributed by atoms with van der Waals surface area (Å²) in [4.78, 5) is 34.7. The number of rotatable bonds is 4. The fourth-order valence-corrected chi connectivity index (χ4v) is 2.32. The SMILES string of the molecule is O=CC(=O)N(C(=O)C=Cc1ccccc1)N1CCCCC1. The number of amides is 2. The molecule has 1 aliphatic rings. The Morgan fingerprint density at radius 1 is 1.00 bits per heavy atom. The molecule has 1 fully saturated rings. The summed E-state index contributed by atoms with van der Waals surface area (Å²) in [5.74, 6) is -1.31. The highest BCUT2D eigenvalue weighted by Gasteiger charge is 2.27. The fourth-order valence-electron chi connectivity index (χ4n) is 2.32. The molecule has 2 amide bonds. The number of hydrogen-bond acceptors (Lipinski definition) is 4. The van der Waals surface area contributed by atoms with E-state index in [2.05, 4.69) is 0 Å². The molecule has 0 N–H and O–H groups in total. The number of nitrogens with zero attached hydrogens (tertiary/aromatic N) is 2. The van der Waals surface area contributed by atoms with Crippen molar-refractivity contribution in [3.8, 4) is 0 Å². The van der Waals surface area contributed by atoms with Crippen molar-refractivity contribution in [2.75, 3.05) is 13.1 Å². The molecule has 0 unspecified atom stereocenters. The highest BCUT2D eigenvalue weighted by molar-refractivity contribution is 6.28. The molecule has 5 heteroatoms. The molecule has 0 aliphatic carbocycles. The van der Waals surface area contributed by atoms with E-state index < -0.39 is 11.8 Å². The lowest BCUT2D eigenvalue weighted by molar-refractivity contribution is -0.164. The predicted octanol–water partition coefficient (Wildman–Crippen LogP) is 1.65. The molecule has 0 spiro atoms. The maximum atomic E-state index is 12.2. The van der Waals surface area contributed by atoms with E-state index in [1.807, 2.05) is 30.3 Å². The largest absolute Gasteiger partial charge is 0.308 e. The Labute approximate surface area is 123 Å². The summed E-state index contributed by atoms with van der Waals surface area (Å²) < 4.78 is 0. The first kappa shape index (κ1) is 15.1. The predicted molar refractivity (Wildman–Crippen MR) is 78.8 cm³/mol. The lowest BCUT2D eigenvalue weighted by Gasteiger charge is -2.33. The second kappa shape index (κ2) is 7.50. The molecule has 1 aromatic carbocycles. The fraction of sp³-hybridized carbons (Fsp3) is 0.312. The van der Waals surface area contributed by atoms with E-state index >= 15 is 0 Å². The number of carbonyl (C=O) groups is 3. The van der Waals surface area contributed by atoms with Gasteiger partial charge in [-0.3, -0.25) is 14.4 Å². The number of benzene rings is 1. The first-order valence-electron chi connectivity index (χ1n) is 7.03. The van der Waals surface area contributed by atoms with Crippen LogP contribution < -0.4 is 0 Å². The Bertz CT molecular complexity index is 534. The van der Waals surface area contributed by atoms with Gasteiger partial charge in [0.15, 0.2) is 0 Å². The Balaban J connectivity index is 2.12. The van der Waals surface area contributed by atoms with Gasteiger partial charge in [0, 0.05) is 19.2 Å². The van der Waals surface area contributed by atoms with Crippen molar-refractivity contribution in [3.05, 3.63) is 42.0 Å². The minimum absolute atomic E-state index is 0.183. The first-order valence-corrected chi connectivity index (χ1v) is 7.03. The maximum absolute atomic E-state index is 12.2. The Hall–Kier alpha value is -2.27. The van der Waals surface area contributed by atoms with Crippen molar-refractivity contribution < 1.29 is 14.4 Å². The van der Waals surface area contributed by atoms with Gasteiger partial charge in [0.2, 0.25) is 6.29 Å². The molecule has 0 atom stereocenters. The minimum Gasteiger partial charge on any atom is -0.292 e. The van der Waals surface area contributed by atoms with Gasteiger partial charge in [-0.2, -0.15) is 5.01 Å². The first-order chi connectivity index (χ1) is 10.2. The van der Waals surface area contributed by atoms with Crippen molar-refractivity contribution in [3.63, 3.8) is 0 Å². The van der Waals surface area contributed by atoms with E-state index in [4.69, 9.17) is 0 Å². The molecule has 5 nitrogen and oxygen atoms in total. The Morgan fingerprint density at radius 3 is 2.29 bits per heavy atom. The molecule has 0 bridgehead atoms. The van der Waals surface area contributed by atoms with Gasteiger partial charge in [-0.1, -0.05) is 36.8 Å². The van der Waals surface area contributed by atoms with Crippen LogP contribution in [0, 0.1) is 0 Å². The average molecular weight is 286 g/mol. The monoisotopic (exact) mass is 286 g/mol. The second-order valence-corrected chi connectivity index (χ2v) is 4.86. The van der Waals surface area contributed by atoms with Crippen LogP contribution >= 0.6 is 0 Å². The highest BCUT2D eigenvalue weighted by Crippen LogP contribution is 2.13. The molecule has 0 aromatic heterocycles. The summed E-state index contributed by atoms with van der Waals surface area (Å²) in [6.45, 7) is 1.23. The Morgan fingerprint density at radius 2 is 1.67 bits per heavy atom. The number of piperidine rings is 1. The molecule has 21 heavy (non-hydrogen) atoms. The van der Waals surface area contributed by atoms with Gasteiger partial charge >= 0.3 is 5.91 Å². The van der Waals surface area contributed by atoms with Gasteiger partial charge in [-0.25, -0.2) is 5.01 Å². The number of imide groups is 1. The quantitative estimate of drug-likeness (QED) is 0.480. The van der Waals surface area contributed by atoms with E-state index in [-0.39, 0.29) is 6.29 Å². The van der Waals surface area contributed by atoms with Crippen LogP contribution in [0.15, 0.2) is 36.4 Å². The molecular weight excluding hydrogens is 268 g/mol. The number of carbonyl (C=O) groups excluding carboxylic acids is 3. The van der Waals surface area contributed by atoms with Gasteiger partial charge in [0.1, 0.15) is 0 Å². The summed E-state index contributed by atoms with van der Waals surface area (Å²) in [7, 11) is 0. The summed E-state index contributed by atoms with van der Waals surface area (Å²) in [6, 6.07) is 9.33. The van der Waals surface area contributed by atoms with Crippen molar-refractivity contribution in [2.24, 2.45) is 0 Å². The molecule has 2 rings (SSSR count). The Kier molecular flexibility index (Phi) is 5.40. The maximum Gasteiger partial charge on any atom is 0.308 e. The zero-order chi connectivity index (χ0) is 15.1. The minimum atomic E-state index is -0.820. The van der Waals surface area contributed by atoms with Gasteiger partial charge in [0.05, 0.1) is 0 Å². The van der Waals surface area contributed by atoms with Crippen LogP contribution in [0.4, 0.5) is 0 Å². The van der Waals surface area contributed by atoms with E-state index in [1.165, 1.54) is 6.08 Å². The number of aldehydes is 1. The van der Waals surface area contributed by atoms with E-state index in [1.54, 1.807) is 11.1 Å². The number of hydrogen-bond donors (Lipinski definition) is 0. The molecule has 110 valence electrons. The zero-order valence-corrected chi connectivity index (χ0v) is 11.8. The van der Waals surface area contributed by atoms with Crippen molar-refractivity contribution in [2.45, 2.75) is 19.3 Å². The van der Waals surface area contributed by atoms with E-state index in [0.717, 1.165) is 29.8 Å². The zero-order valence-electron chi connectivity index (χ0n) is 11.8. The van der Waals surface area contributed by atoms with Crippen LogP contribution in [0.5, 0.6) is 0 Å². The normalized spacial score (nSPS) is 15.8. The van der Waals surface area contributed by atoms with Gasteiger partial charge in [0.25, 0.3) is 5.91 Å².